The molecule has 0 aliphatic heterocycles. The zero-order valence-electron chi connectivity index (χ0n) is 64.5. The molecule has 0 aliphatic rings. The number of nitrogens with zero attached hydrogens (tertiary/aromatic N) is 6. The van der Waals surface area contributed by atoms with Crippen LogP contribution >= 0.6 is 116 Å². The molecule has 0 bridgehead atoms. The molecule has 0 saturated carbocycles. The van der Waals surface area contributed by atoms with Gasteiger partial charge in [0.05, 0.1) is 106 Å². The third-order valence-corrected chi connectivity index (χ3v) is 24.0. The Balaban J connectivity index is 0.000000146. The number of anilines is 1. The molecule has 0 aliphatic carbocycles. The molecule has 119 heavy (non-hydrogen) atoms. The van der Waals surface area contributed by atoms with Crippen LogP contribution in [0.2, 0.25) is 45.2 Å². The number of halogens is 10. The molecule has 0 fully saturated rings. The summed E-state index contributed by atoms with van der Waals surface area (Å²) in [6, 6.07) is 39.7. The lowest BCUT2D eigenvalue weighted by Crippen LogP contribution is -2.19. The Morgan fingerprint density at radius 2 is 0.714 bits per heavy atom. The average molecular weight is 1810 g/mol. The van der Waals surface area contributed by atoms with Crippen LogP contribution in [0.4, 0.5) is 10.1 Å². The van der Waals surface area contributed by atoms with Crippen molar-refractivity contribution in [1.82, 2.24) is 22.8 Å². The molecule has 21 nitrogen and oxygen atoms in total. The van der Waals surface area contributed by atoms with Crippen LogP contribution in [0.1, 0.15) is 49.4 Å². The molecule has 0 spiro atoms. The number of benzene rings is 10. The first kappa shape index (κ1) is 89.4. The van der Waals surface area contributed by atoms with Crippen LogP contribution in [0.15, 0.2) is 174 Å². The fourth-order valence-electron chi connectivity index (χ4n) is 14.2. The summed E-state index contributed by atoms with van der Waals surface area (Å²) in [6.07, 6.45) is 3.72. The Bertz CT molecular complexity index is 7050. The van der Waals surface area contributed by atoms with Gasteiger partial charge in [0, 0.05) is 72.9 Å². The minimum Gasteiger partial charge on any atom is -0.480 e. The first-order valence-electron chi connectivity index (χ1n) is 36.0. The minimum absolute atomic E-state index is 0.0893. The van der Waals surface area contributed by atoms with E-state index < -0.39 is 47.6 Å². The van der Waals surface area contributed by atoms with E-state index in [0.717, 1.165) is 40.5 Å². The summed E-state index contributed by atoms with van der Waals surface area (Å²) < 4.78 is 21.5. The van der Waals surface area contributed by atoms with Crippen molar-refractivity contribution in [3.8, 4) is 0 Å². The summed E-state index contributed by atoms with van der Waals surface area (Å²) in [5.74, 6) is -5.69. The molecule has 10 aromatic carbocycles. The lowest BCUT2D eigenvalue weighted by atomic mass is 9.88. The highest BCUT2D eigenvalue weighted by Crippen LogP contribution is 2.40. The number of aromatic nitrogens is 5. The quantitative estimate of drug-likeness (QED) is 0.0499. The van der Waals surface area contributed by atoms with Crippen LogP contribution in [-0.2, 0) is 63.1 Å². The predicted octanol–water partition coefficient (Wildman–Crippen LogP) is 20.9. The SMILES string of the molecule is CC(C)(C)CCc1ccc2c(=O)c3ccc(Cl)c(Cl)c3n(CC(=O)O)c2c1.CN(C)c1c(Cl)ccc2c(=O)c3ccccc3n(CC(=O)O)c12.CSc1ccc2c(=O)c3ccc(Cl)c(Cl)c3n(CC(=O)O)c2c1.Cc1cc2c(cc1F)c(=O)c1ccc(Cl)c(Cl)c1n2CC(=O)O.Cc1ccc2c(=O)c3ccc(Cl)c(Cl)c3n(CC(=O)O)c2c1C. The fourth-order valence-corrected chi connectivity index (χ4v) is 16.7. The van der Waals surface area contributed by atoms with E-state index in [1.807, 2.05) is 58.5 Å². The number of aryl methyl sites for hydroxylation is 4. The van der Waals surface area contributed by atoms with Crippen molar-refractivity contribution in [1.29, 1.82) is 0 Å². The standard InChI is InChI=1S/C21H21Cl2NO3.C17H13Cl2NO3.C17H15ClN2O3.C16H10Cl2FNO3.C16H11Cl2NO3S/c1-21(2,3)9-8-12-4-5-13-16(10-12)24(11-17(25)26)19-14(20(13)27)6-7-15(22)18(19)23;1-8-3-4-10-15(9(8)2)20(7-13(21)22)16-11(17(10)23)5-6-12(18)14(16)19;1-19(2)16-12(18)8-7-11-15(16)20(9-14(21)22)13-6-4-3-5-10(13)17(11)23;1-7-4-12-9(5-11(7)19)16(23)8-2-3-10(17)14(18)15(8)20(12)6-13(21)22;1-23-8-2-3-9-12(6-8)19(7-13(20)21)15-10(16(9)22)4-5-11(17)14(15)18/h4-7,10H,8-9,11H2,1-3H3,(H,25,26);3-6H,7H2,1-2H3,(H,21,22);3-8H,9H2,1-2H3,(H,21,22);2-5H,6H2,1H3,(H,21,22);2-6H,7H2,1H3,(H,20,21). The minimum atomic E-state index is -1.12. The highest BCUT2D eigenvalue weighted by Gasteiger charge is 2.26. The van der Waals surface area contributed by atoms with Gasteiger partial charge in [-0.05, 0) is 189 Å². The molecule has 32 heteroatoms. The highest BCUT2D eigenvalue weighted by molar-refractivity contribution is 7.98. The van der Waals surface area contributed by atoms with Gasteiger partial charge in [0.15, 0.2) is 27.1 Å². The molecule has 5 N–H and O–H groups in total. The molecule has 0 unspecified atom stereocenters. The summed E-state index contributed by atoms with van der Waals surface area (Å²) in [4.78, 5) is 123. The van der Waals surface area contributed by atoms with E-state index in [1.54, 1.807) is 116 Å². The van der Waals surface area contributed by atoms with E-state index >= 15 is 0 Å². The maximum atomic E-state index is 13.9. The number of carbonyl (C=O) groups is 5. The van der Waals surface area contributed by atoms with Crippen LogP contribution in [0.25, 0.3) is 109 Å². The Labute approximate surface area is 724 Å². The first-order chi connectivity index (χ1) is 56.1. The summed E-state index contributed by atoms with van der Waals surface area (Å²) in [5, 5.41) is 52.3. The van der Waals surface area contributed by atoms with Crippen molar-refractivity contribution in [3.05, 3.63) is 270 Å². The van der Waals surface area contributed by atoms with Gasteiger partial charge >= 0.3 is 29.8 Å². The second kappa shape index (κ2) is 36.3. The fraction of sp³-hybridized carbons (Fsp3) is 0.195. The molecular weight excluding hydrogens is 1740 g/mol. The van der Waals surface area contributed by atoms with E-state index in [1.165, 1.54) is 46.0 Å². The molecule has 5 aromatic heterocycles. The third kappa shape index (κ3) is 18.2. The average Bonchev–Trinajstić information content (AvgIpc) is 0.754. The molecule has 0 amide bonds. The van der Waals surface area contributed by atoms with Crippen molar-refractivity contribution < 1.29 is 53.9 Å². The second-order valence-corrected chi connectivity index (χ2v) is 33.5. The third-order valence-electron chi connectivity index (χ3n) is 19.8. The number of aliphatic carboxylic acids is 5. The zero-order valence-corrected chi connectivity index (χ0v) is 72.1. The van der Waals surface area contributed by atoms with Gasteiger partial charge in [0.2, 0.25) is 0 Å². The van der Waals surface area contributed by atoms with Gasteiger partial charge in [-0.2, -0.15) is 0 Å². The van der Waals surface area contributed by atoms with Crippen LogP contribution in [0.3, 0.4) is 0 Å². The van der Waals surface area contributed by atoms with Gasteiger partial charge in [-0.15, -0.1) is 11.8 Å². The Hall–Kier alpha value is -10.4. The Kier molecular flexibility index (Phi) is 27.2. The summed E-state index contributed by atoms with van der Waals surface area (Å²) >= 11 is 57.2. The predicted molar refractivity (Wildman–Crippen MR) is 480 cm³/mol. The zero-order chi connectivity index (χ0) is 87.1. The normalized spacial score (nSPS) is 11.4. The van der Waals surface area contributed by atoms with Crippen LogP contribution in [0, 0.1) is 32.0 Å². The van der Waals surface area contributed by atoms with E-state index in [0.29, 0.717) is 109 Å². The van der Waals surface area contributed by atoms with Gasteiger partial charge in [-0.3, -0.25) is 47.9 Å². The van der Waals surface area contributed by atoms with Gasteiger partial charge in [-0.25, -0.2) is 4.39 Å². The topological polar surface area (TPSA) is 300 Å². The Morgan fingerprint density at radius 3 is 1.14 bits per heavy atom. The number of pyridine rings is 5. The van der Waals surface area contributed by atoms with Gasteiger partial charge in [0.1, 0.15) is 38.5 Å². The molecule has 15 aromatic rings. The molecular formula is C87H70Cl9FN6O15S. The number of carboxylic acid groups (broad SMARTS) is 5. The van der Waals surface area contributed by atoms with Crippen molar-refractivity contribution in [3.63, 3.8) is 0 Å². The number of fused-ring (bicyclic) bond motifs is 10. The van der Waals surface area contributed by atoms with E-state index in [-0.39, 0.29) is 110 Å². The maximum absolute atomic E-state index is 13.9. The second-order valence-electron chi connectivity index (χ2n) is 29.1. The van der Waals surface area contributed by atoms with Crippen LogP contribution in [0.5, 0.6) is 0 Å². The maximum Gasteiger partial charge on any atom is 0.323 e. The van der Waals surface area contributed by atoms with E-state index in [9.17, 15) is 77.9 Å². The van der Waals surface area contributed by atoms with Crippen molar-refractivity contribution in [2.75, 3.05) is 25.3 Å². The number of rotatable bonds is 14. The highest BCUT2D eigenvalue weighted by atomic mass is 35.5. The number of thioether (sulfide) groups is 1. The lowest BCUT2D eigenvalue weighted by Gasteiger charge is -2.21. The van der Waals surface area contributed by atoms with Gasteiger partial charge in [-0.1, -0.05) is 149 Å². The molecule has 0 atom stereocenters. The van der Waals surface area contributed by atoms with Gasteiger partial charge in [0.25, 0.3) is 0 Å². The molecule has 15 rings (SSSR count). The summed E-state index contributed by atoms with van der Waals surface area (Å²) in [5.41, 5.74) is 7.24. The largest absolute Gasteiger partial charge is 0.480 e. The smallest absolute Gasteiger partial charge is 0.323 e. The molecule has 5 heterocycles. The lowest BCUT2D eigenvalue weighted by molar-refractivity contribution is -0.138. The number of carboxylic acids is 5. The van der Waals surface area contributed by atoms with E-state index in [2.05, 4.69) is 20.8 Å². The van der Waals surface area contributed by atoms with Crippen molar-refractivity contribution >= 4 is 261 Å². The first-order valence-corrected chi connectivity index (χ1v) is 40.6. The number of hydrogen-bond acceptors (Lipinski definition) is 12. The van der Waals surface area contributed by atoms with Crippen molar-refractivity contribution in [2.24, 2.45) is 5.41 Å². The molecule has 0 radical (unpaired) electrons. The number of hydrogen-bond donors (Lipinski definition) is 5. The molecule has 0 saturated heterocycles. The number of para-hydroxylation sites is 1. The monoisotopic (exact) mass is 1800 g/mol. The van der Waals surface area contributed by atoms with Crippen LogP contribution < -0.4 is 32.0 Å². The summed E-state index contributed by atoms with van der Waals surface area (Å²) in [6.45, 7) is 10.2. The molecule has 614 valence electrons. The van der Waals surface area contributed by atoms with E-state index in [4.69, 9.17) is 104 Å². The van der Waals surface area contributed by atoms with Crippen molar-refractivity contribution in [2.45, 2.75) is 92.0 Å². The van der Waals surface area contributed by atoms with Crippen LogP contribution in [-0.4, -0.2) is 98.6 Å². The summed E-state index contributed by atoms with van der Waals surface area (Å²) in [7, 11) is 3.62. The van der Waals surface area contributed by atoms with Gasteiger partial charge < -0.3 is 53.3 Å². The Morgan fingerprint density at radius 1 is 0.378 bits per heavy atom.